The molecule has 0 radical (unpaired) electrons. The summed E-state index contributed by atoms with van der Waals surface area (Å²) in [5.74, 6) is 0. The van der Waals surface area contributed by atoms with Crippen molar-refractivity contribution in [3.05, 3.63) is 106 Å². The summed E-state index contributed by atoms with van der Waals surface area (Å²) in [6.45, 7) is 4.48. The van der Waals surface area contributed by atoms with E-state index in [0.29, 0.717) is 0 Å². The van der Waals surface area contributed by atoms with Crippen LogP contribution in [0.1, 0.15) is 42.3 Å². The Balaban J connectivity index is 2.08. The zero-order valence-corrected chi connectivity index (χ0v) is 16.6. The quantitative estimate of drug-likeness (QED) is 0.353. The minimum absolute atomic E-state index is 0.145. The van der Waals surface area contributed by atoms with Crippen molar-refractivity contribution in [2.45, 2.75) is 32.7 Å². The molecule has 4 rings (SSSR count). The first-order valence-electron chi connectivity index (χ1n) is 9.65. The summed E-state index contributed by atoms with van der Waals surface area (Å²) < 4.78 is 2.52. The van der Waals surface area contributed by atoms with Gasteiger partial charge < -0.3 is 4.57 Å². The zero-order chi connectivity index (χ0) is 18.8. The lowest BCUT2D eigenvalue weighted by Gasteiger charge is -2.24. The summed E-state index contributed by atoms with van der Waals surface area (Å²) in [6, 6.07) is 28.0. The molecule has 0 spiro atoms. The summed E-state index contributed by atoms with van der Waals surface area (Å²) in [5, 5.41) is 2.08. The minimum Gasteiger partial charge on any atom is -0.333 e. The van der Waals surface area contributed by atoms with Crippen molar-refractivity contribution in [1.82, 2.24) is 4.57 Å². The molecule has 0 N–H and O–H groups in total. The van der Waals surface area contributed by atoms with Gasteiger partial charge in [-0.05, 0) is 47.7 Å². The van der Waals surface area contributed by atoms with Crippen molar-refractivity contribution in [2.24, 2.45) is 0 Å². The molecule has 0 atom stereocenters. The monoisotopic (exact) mass is 373 g/mol. The van der Waals surface area contributed by atoms with Crippen molar-refractivity contribution in [3.63, 3.8) is 0 Å². The van der Waals surface area contributed by atoms with E-state index in [2.05, 4.69) is 91.2 Å². The first kappa shape index (κ1) is 17.9. The average molecular weight is 374 g/mol. The Labute approximate surface area is 166 Å². The molecule has 136 valence electrons. The number of benzene rings is 3. The second kappa shape index (κ2) is 7.62. The fourth-order valence-electron chi connectivity index (χ4n) is 4.24. The second-order valence-corrected chi connectivity index (χ2v) is 7.32. The number of fused-ring (bicyclic) bond motifs is 1. The van der Waals surface area contributed by atoms with Gasteiger partial charge in [-0.2, -0.15) is 0 Å². The minimum atomic E-state index is 0.145. The van der Waals surface area contributed by atoms with Gasteiger partial charge in [-0.1, -0.05) is 86.1 Å². The van der Waals surface area contributed by atoms with Gasteiger partial charge >= 0.3 is 0 Å². The zero-order valence-electron chi connectivity index (χ0n) is 15.8. The molecule has 0 aliphatic carbocycles. The molecular formula is C25H24ClN. The molecule has 0 fully saturated rings. The molecule has 1 nitrogen and oxygen atoms in total. The highest BCUT2D eigenvalue weighted by Gasteiger charge is 2.23. The molecule has 0 amide bonds. The van der Waals surface area contributed by atoms with E-state index in [0.717, 1.165) is 17.9 Å². The molecule has 0 aliphatic heterocycles. The van der Waals surface area contributed by atoms with Crippen LogP contribution in [-0.2, 0) is 12.8 Å². The van der Waals surface area contributed by atoms with Gasteiger partial charge in [-0.3, -0.25) is 0 Å². The molecule has 3 aromatic carbocycles. The summed E-state index contributed by atoms with van der Waals surface area (Å²) in [4.78, 5) is 0. The number of halogens is 1. The Kier molecular flexibility index (Phi) is 5.05. The number of aromatic nitrogens is 1. The van der Waals surface area contributed by atoms with Gasteiger partial charge in [0.1, 0.15) is 0 Å². The van der Waals surface area contributed by atoms with Crippen molar-refractivity contribution in [2.75, 3.05) is 0 Å². The van der Waals surface area contributed by atoms with Gasteiger partial charge in [-0.15, -0.1) is 0 Å². The normalized spacial score (nSPS) is 11.4. The van der Waals surface area contributed by atoms with E-state index in [-0.39, 0.29) is 6.04 Å². The fourth-order valence-corrected chi connectivity index (χ4v) is 4.41. The fraction of sp³-hybridized carbons (Fsp3) is 0.200. The maximum absolute atomic E-state index is 6.36. The predicted molar refractivity (Wildman–Crippen MR) is 116 cm³/mol. The molecule has 0 aliphatic rings. The van der Waals surface area contributed by atoms with Crippen LogP contribution in [-0.4, -0.2) is 4.57 Å². The van der Waals surface area contributed by atoms with E-state index in [1.165, 1.54) is 33.3 Å². The Bertz CT molecular complexity index is 1010. The van der Waals surface area contributed by atoms with Crippen molar-refractivity contribution in [3.8, 4) is 0 Å². The summed E-state index contributed by atoms with van der Waals surface area (Å²) in [5.41, 5.74) is 6.66. The summed E-state index contributed by atoms with van der Waals surface area (Å²) in [6.07, 6.45) is 1.99. The number of hydrogen-bond donors (Lipinski definition) is 0. The highest BCUT2D eigenvalue weighted by molar-refractivity contribution is 6.31. The van der Waals surface area contributed by atoms with E-state index < -0.39 is 0 Å². The predicted octanol–water partition coefficient (Wildman–Crippen LogP) is 7.06. The van der Waals surface area contributed by atoms with Crippen LogP contribution in [0, 0.1) is 0 Å². The number of rotatable bonds is 5. The Morgan fingerprint density at radius 2 is 1.37 bits per heavy atom. The van der Waals surface area contributed by atoms with Gasteiger partial charge in [0.2, 0.25) is 0 Å². The SMILES string of the molecule is CCc1c(CC)n(C(c2ccccc2)c2ccccc2)c2ccc(Cl)cc12. The van der Waals surface area contributed by atoms with Gasteiger partial charge in [0, 0.05) is 21.6 Å². The van der Waals surface area contributed by atoms with Gasteiger partial charge in [-0.25, -0.2) is 0 Å². The Morgan fingerprint density at radius 3 is 1.89 bits per heavy atom. The molecular weight excluding hydrogens is 350 g/mol. The topological polar surface area (TPSA) is 4.93 Å². The molecule has 2 heteroatoms. The molecule has 0 unspecified atom stereocenters. The highest BCUT2D eigenvalue weighted by Crippen LogP contribution is 2.37. The van der Waals surface area contributed by atoms with Crippen LogP contribution in [0.15, 0.2) is 78.9 Å². The van der Waals surface area contributed by atoms with Crippen LogP contribution in [0.4, 0.5) is 0 Å². The molecule has 4 aromatic rings. The van der Waals surface area contributed by atoms with Gasteiger partial charge in [0.25, 0.3) is 0 Å². The first-order chi connectivity index (χ1) is 13.2. The third kappa shape index (κ3) is 3.17. The van der Waals surface area contributed by atoms with Crippen LogP contribution in [0.2, 0.25) is 5.02 Å². The van der Waals surface area contributed by atoms with Crippen LogP contribution in [0.3, 0.4) is 0 Å². The lowest BCUT2D eigenvalue weighted by molar-refractivity contribution is 0.665. The third-order valence-electron chi connectivity index (χ3n) is 5.36. The van der Waals surface area contributed by atoms with Gasteiger partial charge in [0.05, 0.1) is 6.04 Å². The molecule has 1 aromatic heterocycles. The summed E-state index contributed by atoms with van der Waals surface area (Å²) in [7, 11) is 0. The summed E-state index contributed by atoms with van der Waals surface area (Å²) >= 11 is 6.36. The van der Waals surface area contributed by atoms with Crippen LogP contribution < -0.4 is 0 Å². The molecule has 0 saturated carbocycles. The standard InChI is InChI=1S/C25H24ClN/c1-3-21-22-17-20(26)15-16-24(22)27(23(21)4-2)25(18-11-7-5-8-12-18)19-13-9-6-10-14-19/h5-17,25H,3-4H2,1-2H3. The Hall–Kier alpha value is -2.51. The largest absolute Gasteiger partial charge is 0.333 e. The second-order valence-electron chi connectivity index (χ2n) is 6.89. The smallest absolute Gasteiger partial charge is 0.0842 e. The van der Waals surface area contributed by atoms with E-state index >= 15 is 0 Å². The van der Waals surface area contributed by atoms with Crippen molar-refractivity contribution in [1.29, 1.82) is 0 Å². The number of nitrogens with zero attached hydrogens (tertiary/aromatic N) is 1. The van der Waals surface area contributed by atoms with E-state index in [1.54, 1.807) is 0 Å². The first-order valence-corrected chi connectivity index (χ1v) is 10.0. The molecule has 0 bridgehead atoms. The van der Waals surface area contributed by atoms with E-state index in [9.17, 15) is 0 Å². The lowest BCUT2D eigenvalue weighted by atomic mass is 9.97. The number of hydrogen-bond acceptors (Lipinski definition) is 0. The van der Waals surface area contributed by atoms with Crippen molar-refractivity contribution >= 4 is 22.5 Å². The van der Waals surface area contributed by atoms with Crippen LogP contribution >= 0.6 is 11.6 Å². The molecule has 27 heavy (non-hydrogen) atoms. The van der Waals surface area contributed by atoms with Crippen LogP contribution in [0.25, 0.3) is 10.9 Å². The lowest BCUT2D eigenvalue weighted by Crippen LogP contribution is -2.15. The maximum atomic E-state index is 6.36. The molecule has 1 heterocycles. The average Bonchev–Trinajstić information content (AvgIpc) is 3.02. The van der Waals surface area contributed by atoms with Crippen molar-refractivity contribution < 1.29 is 0 Å². The maximum Gasteiger partial charge on any atom is 0.0842 e. The van der Waals surface area contributed by atoms with Crippen LogP contribution in [0.5, 0.6) is 0 Å². The van der Waals surface area contributed by atoms with E-state index in [1.807, 2.05) is 6.07 Å². The number of aryl methyl sites for hydroxylation is 1. The van der Waals surface area contributed by atoms with E-state index in [4.69, 9.17) is 11.6 Å². The Morgan fingerprint density at radius 1 is 0.778 bits per heavy atom. The molecule has 0 saturated heterocycles. The third-order valence-corrected chi connectivity index (χ3v) is 5.59. The highest BCUT2D eigenvalue weighted by atomic mass is 35.5. The van der Waals surface area contributed by atoms with Gasteiger partial charge in [0.15, 0.2) is 0 Å².